The number of halogens is 1. The summed E-state index contributed by atoms with van der Waals surface area (Å²) in [4.78, 5) is 41.6. The molecule has 160 valence electrons. The Kier molecular flexibility index (Phi) is 5.45. The van der Waals surface area contributed by atoms with E-state index in [1.165, 1.54) is 5.56 Å². The van der Waals surface area contributed by atoms with E-state index >= 15 is 0 Å². The minimum Gasteiger partial charge on any atom is -0.366 e. The second kappa shape index (κ2) is 8.07. The van der Waals surface area contributed by atoms with Gasteiger partial charge in [-0.1, -0.05) is 37.6 Å². The Bertz CT molecular complexity index is 1060. The number of carbonyl (C=O) groups is 3. The van der Waals surface area contributed by atoms with Crippen LogP contribution in [0.5, 0.6) is 0 Å². The second-order valence-electron chi connectivity index (χ2n) is 8.00. The van der Waals surface area contributed by atoms with E-state index in [4.69, 9.17) is 11.6 Å². The Balaban J connectivity index is 1.53. The highest BCUT2D eigenvalue weighted by Gasteiger charge is 2.49. The molecule has 2 aromatic carbocycles. The Labute approximate surface area is 185 Å². The summed E-state index contributed by atoms with van der Waals surface area (Å²) < 4.78 is 0. The second-order valence-corrected chi connectivity index (χ2v) is 8.44. The number of anilines is 2. The SMILES string of the molecule is CC(C)c1ccc(NC(=O)C2=CN(C)C3C(=O)N(c4ccc(Cl)cc4)C(=O)NC23)cc1. The molecular formula is C23H23ClN4O3. The largest absolute Gasteiger partial charge is 0.366 e. The van der Waals surface area contributed by atoms with Crippen molar-refractivity contribution in [2.75, 3.05) is 17.3 Å². The van der Waals surface area contributed by atoms with Crippen LogP contribution >= 0.6 is 11.6 Å². The molecule has 0 saturated carbocycles. The van der Waals surface area contributed by atoms with Crippen LogP contribution in [0.4, 0.5) is 16.2 Å². The topological polar surface area (TPSA) is 81.8 Å². The number of carbonyl (C=O) groups excluding carboxylic acids is 3. The first-order valence-corrected chi connectivity index (χ1v) is 10.4. The van der Waals surface area contributed by atoms with Crippen LogP contribution in [0.2, 0.25) is 5.02 Å². The molecule has 1 saturated heterocycles. The van der Waals surface area contributed by atoms with Crippen LogP contribution in [-0.4, -0.2) is 41.9 Å². The molecule has 7 nitrogen and oxygen atoms in total. The van der Waals surface area contributed by atoms with Gasteiger partial charge in [0.2, 0.25) is 0 Å². The summed E-state index contributed by atoms with van der Waals surface area (Å²) in [6, 6.07) is 12.0. The summed E-state index contributed by atoms with van der Waals surface area (Å²) in [6.07, 6.45) is 1.61. The summed E-state index contributed by atoms with van der Waals surface area (Å²) in [5, 5.41) is 6.17. The Morgan fingerprint density at radius 3 is 2.32 bits per heavy atom. The number of benzene rings is 2. The zero-order valence-corrected chi connectivity index (χ0v) is 18.2. The first-order valence-electron chi connectivity index (χ1n) is 10.0. The first kappa shape index (κ1) is 20.9. The van der Waals surface area contributed by atoms with E-state index in [0.717, 1.165) is 4.90 Å². The maximum absolute atomic E-state index is 13.2. The van der Waals surface area contributed by atoms with Gasteiger partial charge in [0, 0.05) is 24.0 Å². The zero-order chi connectivity index (χ0) is 22.3. The van der Waals surface area contributed by atoms with Gasteiger partial charge in [0.05, 0.1) is 17.3 Å². The van der Waals surface area contributed by atoms with Crippen LogP contribution in [-0.2, 0) is 9.59 Å². The van der Waals surface area contributed by atoms with E-state index in [0.29, 0.717) is 27.9 Å². The molecule has 0 bridgehead atoms. The van der Waals surface area contributed by atoms with Gasteiger partial charge in [-0.25, -0.2) is 9.69 Å². The molecule has 0 aromatic heterocycles. The van der Waals surface area contributed by atoms with Crippen molar-refractivity contribution in [1.29, 1.82) is 0 Å². The fraction of sp³-hybridized carbons (Fsp3) is 0.261. The number of hydrogen-bond acceptors (Lipinski definition) is 4. The number of likely N-dealkylation sites (N-methyl/N-ethyl adjacent to an activating group) is 1. The molecule has 2 unspecified atom stereocenters. The maximum Gasteiger partial charge on any atom is 0.329 e. The van der Waals surface area contributed by atoms with Crippen molar-refractivity contribution < 1.29 is 14.4 Å². The van der Waals surface area contributed by atoms with E-state index in [-0.39, 0.29) is 5.91 Å². The number of nitrogens with zero attached hydrogens (tertiary/aromatic N) is 2. The van der Waals surface area contributed by atoms with Crippen LogP contribution in [0.1, 0.15) is 25.3 Å². The summed E-state index contributed by atoms with van der Waals surface area (Å²) in [5.41, 5.74) is 2.57. The fourth-order valence-corrected chi connectivity index (χ4v) is 4.00. The van der Waals surface area contributed by atoms with Crippen LogP contribution in [0.3, 0.4) is 0 Å². The quantitative estimate of drug-likeness (QED) is 0.762. The number of urea groups is 1. The molecule has 4 rings (SSSR count). The van der Waals surface area contributed by atoms with Crippen LogP contribution in [0.25, 0.3) is 0 Å². The standard InChI is InChI=1S/C23H23ClN4O3/c1-13(2)14-4-8-16(9-5-14)25-21(29)18-12-27(3)20-19(18)26-23(31)28(22(20)30)17-10-6-15(24)7-11-17/h4-13,19-20H,1-3H3,(H,25,29)(H,26,31). The van der Waals surface area contributed by atoms with Gasteiger partial charge >= 0.3 is 6.03 Å². The number of rotatable bonds is 4. The van der Waals surface area contributed by atoms with Crippen LogP contribution in [0, 0.1) is 0 Å². The van der Waals surface area contributed by atoms with Gasteiger partial charge in [-0.2, -0.15) is 0 Å². The molecule has 1 fully saturated rings. The summed E-state index contributed by atoms with van der Waals surface area (Å²) in [6.45, 7) is 4.20. The van der Waals surface area contributed by atoms with Gasteiger partial charge in [0.15, 0.2) is 0 Å². The van der Waals surface area contributed by atoms with E-state index in [2.05, 4.69) is 24.5 Å². The van der Waals surface area contributed by atoms with Gasteiger partial charge in [-0.05, 0) is 47.9 Å². The average Bonchev–Trinajstić information content (AvgIpc) is 3.06. The molecule has 0 aliphatic carbocycles. The summed E-state index contributed by atoms with van der Waals surface area (Å²) in [5.74, 6) is -0.368. The minimum absolute atomic E-state index is 0.331. The lowest BCUT2D eigenvalue weighted by atomic mass is 9.98. The predicted octanol–water partition coefficient (Wildman–Crippen LogP) is 3.72. The third-order valence-electron chi connectivity index (χ3n) is 5.57. The van der Waals surface area contributed by atoms with Crippen molar-refractivity contribution in [3.63, 3.8) is 0 Å². The molecule has 31 heavy (non-hydrogen) atoms. The number of fused-ring (bicyclic) bond motifs is 1. The fourth-order valence-electron chi connectivity index (χ4n) is 3.88. The van der Waals surface area contributed by atoms with Crippen molar-refractivity contribution >= 4 is 40.8 Å². The molecule has 2 N–H and O–H groups in total. The monoisotopic (exact) mass is 438 g/mol. The third-order valence-corrected chi connectivity index (χ3v) is 5.82. The number of nitrogens with one attached hydrogen (secondary N) is 2. The first-order chi connectivity index (χ1) is 14.8. The smallest absolute Gasteiger partial charge is 0.329 e. The van der Waals surface area contributed by atoms with Crippen molar-refractivity contribution in [1.82, 2.24) is 10.2 Å². The summed E-state index contributed by atoms with van der Waals surface area (Å²) in [7, 11) is 1.71. The highest BCUT2D eigenvalue weighted by molar-refractivity contribution is 6.30. The van der Waals surface area contributed by atoms with Gasteiger partial charge in [-0.3, -0.25) is 9.59 Å². The van der Waals surface area contributed by atoms with Crippen LogP contribution in [0.15, 0.2) is 60.3 Å². The lowest BCUT2D eigenvalue weighted by Gasteiger charge is -2.37. The Morgan fingerprint density at radius 2 is 1.71 bits per heavy atom. The molecule has 2 heterocycles. The normalized spacial score (nSPS) is 20.5. The van der Waals surface area contributed by atoms with Gasteiger partial charge in [0.25, 0.3) is 11.8 Å². The maximum atomic E-state index is 13.2. The van der Waals surface area contributed by atoms with E-state index in [9.17, 15) is 14.4 Å². The molecule has 8 heteroatoms. The lowest BCUT2D eigenvalue weighted by Crippen LogP contribution is -2.65. The molecular weight excluding hydrogens is 416 g/mol. The van der Waals surface area contributed by atoms with Crippen LogP contribution < -0.4 is 15.5 Å². The number of hydrogen-bond donors (Lipinski definition) is 2. The highest BCUT2D eigenvalue weighted by atomic mass is 35.5. The van der Waals surface area contributed by atoms with Crippen molar-refractivity contribution in [2.45, 2.75) is 31.8 Å². The average molecular weight is 439 g/mol. The Morgan fingerprint density at radius 1 is 1.06 bits per heavy atom. The molecule has 2 aromatic rings. The predicted molar refractivity (Wildman–Crippen MR) is 120 cm³/mol. The van der Waals surface area contributed by atoms with Gasteiger partial charge < -0.3 is 15.5 Å². The molecule has 0 spiro atoms. The number of imide groups is 1. The van der Waals surface area contributed by atoms with E-state index in [1.54, 1.807) is 42.4 Å². The lowest BCUT2D eigenvalue weighted by molar-refractivity contribution is -0.122. The molecule has 2 atom stereocenters. The molecule has 2 aliphatic heterocycles. The zero-order valence-electron chi connectivity index (χ0n) is 17.4. The molecule has 4 amide bonds. The Hall–Kier alpha value is -3.32. The van der Waals surface area contributed by atoms with Crippen molar-refractivity contribution in [2.24, 2.45) is 0 Å². The van der Waals surface area contributed by atoms with Crippen molar-refractivity contribution in [3.8, 4) is 0 Å². The van der Waals surface area contributed by atoms with E-state index in [1.807, 2.05) is 24.3 Å². The number of amides is 4. The minimum atomic E-state index is -0.733. The van der Waals surface area contributed by atoms with Crippen molar-refractivity contribution in [3.05, 3.63) is 70.9 Å². The van der Waals surface area contributed by atoms with E-state index < -0.39 is 24.0 Å². The molecule has 2 aliphatic rings. The van der Waals surface area contributed by atoms with Gasteiger partial charge in [0.1, 0.15) is 6.04 Å². The van der Waals surface area contributed by atoms with Gasteiger partial charge in [-0.15, -0.1) is 0 Å². The third kappa shape index (κ3) is 3.88. The summed E-state index contributed by atoms with van der Waals surface area (Å²) >= 11 is 5.92. The highest BCUT2D eigenvalue weighted by Crippen LogP contribution is 2.30. The molecule has 0 radical (unpaired) electrons.